The predicted octanol–water partition coefficient (Wildman–Crippen LogP) is 2.54. The van der Waals surface area contributed by atoms with Crippen LogP contribution in [-0.2, 0) is 6.42 Å². The van der Waals surface area contributed by atoms with Gasteiger partial charge in [0.2, 0.25) is 5.16 Å². The Morgan fingerprint density at radius 1 is 1.33 bits per heavy atom. The van der Waals surface area contributed by atoms with Gasteiger partial charge in [-0.3, -0.25) is 0 Å². The number of nitrogens with zero attached hydrogens (tertiary/aromatic N) is 3. The highest BCUT2D eigenvalue weighted by Crippen LogP contribution is 2.29. The van der Waals surface area contributed by atoms with Crippen LogP contribution in [0, 0.1) is 6.92 Å². The number of hydrogen-bond acceptors (Lipinski definition) is 4. The molecule has 0 radical (unpaired) electrons. The van der Waals surface area contributed by atoms with Crippen LogP contribution in [0.3, 0.4) is 0 Å². The molecule has 1 aliphatic heterocycles. The summed E-state index contributed by atoms with van der Waals surface area (Å²) in [6.07, 6.45) is 0.890. The van der Waals surface area contributed by atoms with Gasteiger partial charge < -0.3 is 5.43 Å². The lowest BCUT2D eigenvalue weighted by molar-refractivity contribution is 0.636. The smallest absolute Gasteiger partial charge is 0.210 e. The quantitative estimate of drug-likeness (QED) is 0.901. The van der Waals surface area contributed by atoms with Gasteiger partial charge in [0.15, 0.2) is 5.82 Å². The molecule has 1 aliphatic rings. The molecule has 18 heavy (non-hydrogen) atoms. The van der Waals surface area contributed by atoms with E-state index in [4.69, 9.17) is 0 Å². The third kappa shape index (κ3) is 1.99. The molecule has 0 saturated carbocycles. The van der Waals surface area contributed by atoms with Crippen molar-refractivity contribution in [2.75, 3.05) is 11.2 Å². The van der Waals surface area contributed by atoms with Crippen molar-refractivity contribution >= 4 is 11.8 Å². The van der Waals surface area contributed by atoms with Gasteiger partial charge in [-0.2, -0.15) is 0 Å². The summed E-state index contributed by atoms with van der Waals surface area (Å²) in [5.74, 6) is 1.99. The van der Waals surface area contributed by atoms with Crippen LogP contribution in [-0.4, -0.2) is 20.6 Å². The molecule has 0 spiro atoms. The molecular weight excluding hydrogens is 244 g/mol. The molecule has 0 fully saturated rings. The minimum Gasteiger partial charge on any atom is -0.314 e. The standard InChI is InChI=1S/C13H16N4S/c1-3-12-14-15-13-17(12)16-11(8-18-13)10-6-4-9(2)5-7-10/h4-7,11,16H,3,8H2,1-2H3. The Balaban J connectivity index is 1.87. The zero-order chi connectivity index (χ0) is 12.5. The molecule has 4 nitrogen and oxygen atoms in total. The van der Waals surface area contributed by atoms with Crippen molar-refractivity contribution < 1.29 is 0 Å². The summed E-state index contributed by atoms with van der Waals surface area (Å²) >= 11 is 1.76. The van der Waals surface area contributed by atoms with E-state index < -0.39 is 0 Å². The Hall–Kier alpha value is -1.49. The van der Waals surface area contributed by atoms with Gasteiger partial charge in [-0.1, -0.05) is 48.5 Å². The summed E-state index contributed by atoms with van der Waals surface area (Å²) in [6.45, 7) is 4.21. The maximum absolute atomic E-state index is 4.19. The second kappa shape index (κ2) is 4.65. The van der Waals surface area contributed by atoms with Gasteiger partial charge in [0.1, 0.15) is 0 Å². The monoisotopic (exact) mass is 260 g/mol. The molecule has 2 aromatic rings. The van der Waals surface area contributed by atoms with Crippen molar-refractivity contribution in [3.8, 4) is 0 Å². The van der Waals surface area contributed by atoms with Crippen molar-refractivity contribution in [2.45, 2.75) is 31.5 Å². The lowest BCUT2D eigenvalue weighted by Crippen LogP contribution is -2.29. The van der Waals surface area contributed by atoms with E-state index in [9.17, 15) is 0 Å². The molecule has 1 N–H and O–H groups in total. The number of benzene rings is 1. The summed E-state index contributed by atoms with van der Waals surface area (Å²) in [4.78, 5) is 0. The van der Waals surface area contributed by atoms with Crippen molar-refractivity contribution in [2.24, 2.45) is 0 Å². The minimum absolute atomic E-state index is 0.324. The Morgan fingerprint density at radius 3 is 2.83 bits per heavy atom. The highest BCUT2D eigenvalue weighted by molar-refractivity contribution is 7.99. The lowest BCUT2D eigenvalue weighted by Gasteiger charge is -2.26. The topological polar surface area (TPSA) is 42.7 Å². The van der Waals surface area contributed by atoms with E-state index in [-0.39, 0.29) is 0 Å². The molecule has 0 bridgehead atoms. The molecule has 1 unspecified atom stereocenters. The SMILES string of the molecule is CCc1nnc2n1NC(c1ccc(C)cc1)CS2. The van der Waals surface area contributed by atoms with Gasteiger partial charge in [-0.15, -0.1) is 10.2 Å². The maximum Gasteiger partial charge on any atom is 0.210 e. The van der Waals surface area contributed by atoms with E-state index in [1.807, 2.05) is 4.68 Å². The highest BCUT2D eigenvalue weighted by atomic mass is 32.2. The number of thioether (sulfide) groups is 1. The Labute approximate surface area is 111 Å². The maximum atomic E-state index is 4.19. The number of nitrogens with one attached hydrogen (secondary N) is 1. The fourth-order valence-corrected chi connectivity index (χ4v) is 3.04. The second-order valence-electron chi connectivity index (χ2n) is 4.49. The molecule has 2 heterocycles. The Morgan fingerprint density at radius 2 is 2.11 bits per heavy atom. The van der Waals surface area contributed by atoms with E-state index in [1.165, 1.54) is 11.1 Å². The molecule has 1 aromatic carbocycles. The van der Waals surface area contributed by atoms with Crippen LogP contribution in [0.25, 0.3) is 0 Å². The van der Waals surface area contributed by atoms with Crippen LogP contribution in [0.4, 0.5) is 0 Å². The highest BCUT2D eigenvalue weighted by Gasteiger charge is 2.23. The zero-order valence-electron chi connectivity index (χ0n) is 10.6. The number of rotatable bonds is 2. The van der Waals surface area contributed by atoms with Gasteiger partial charge in [-0.25, -0.2) is 4.68 Å². The van der Waals surface area contributed by atoms with Crippen LogP contribution >= 0.6 is 11.8 Å². The predicted molar refractivity (Wildman–Crippen MR) is 73.4 cm³/mol. The summed E-state index contributed by atoms with van der Waals surface area (Å²) in [6, 6.07) is 9.02. The summed E-state index contributed by atoms with van der Waals surface area (Å²) < 4.78 is 2.03. The first-order valence-corrected chi connectivity index (χ1v) is 7.16. The van der Waals surface area contributed by atoms with Crippen molar-refractivity contribution in [3.05, 3.63) is 41.2 Å². The van der Waals surface area contributed by atoms with Crippen molar-refractivity contribution in [3.63, 3.8) is 0 Å². The fraction of sp³-hybridized carbons (Fsp3) is 0.385. The van der Waals surface area contributed by atoms with E-state index in [2.05, 4.69) is 53.7 Å². The Kier molecular flexibility index (Phi) is 2.99. The largest absolute Gasteiger partial charge is 0.314 e. The molecule has 1 atom stereocenters. The second-order valence-corrected chi connectivity index (χ2v) is 5.48. The van der Waals surface area contributed by atoms with Gasteiger partial charge in [0.25, 0.3) is 0 Å². The first-order chi connectivity index (χ1) is 8.78. The van der Waals surface area contributed by atoms with Crippen LogP contribution in [0.15, 0.2) is 29.4 Å². The van der Waals surface area contributed by atoms with Gasteiger partial charge in [-0.05, 0) is 12.5 Å². The normalized spacial score (nSPS) is 18.2. The third-order valence-electron chi connectivity index (χ3n) is 3.16. The van der Waals surface area contributed by atoms with Gasteiger partial charge in [0.05, 0.1) is 6.04 Å². The number of aryl methyl sites for hydroxylation is 2. The molecule has 5 heteroatoms. The fourth-order valence-electron chi connectivity index (χ4n) is 2.07. The Bertz CT molecular complexity index is 533. The number of hydrogen-bond donors (Lipinski definition) is 1. The van der Waals surface area contributed by atoms with E-state index >= 15 is 0 Å². The van der Waals surface area contributed by atoms with Crippen LogP contribution in [0.1, 0.15) is 29.9 Å². The zero-order valence-corrected chi connectivity index (χ0v) is 11.4. The first kappa shape index (κ1) is 11.6. The number of fused-ring (bicyclic) bond motifs is 1. The third-order valence-corrected chi connectivity index (χ3v) is 4.18. The average Bonchev–Trinajstić information content (AvgIpc) is 2.81. The van der Waals surface area contributed by atoms with Crippen LogP contribution in [0.2, 0.25) is 0 Å². The van der Waals surface area contributed by atoms with Crippen LogP contribution < -0.4 is 5.43 Å². The van der Waals surface area contributed by atoms with Gasteiger partial charge in [0, 0.05) is 12.2 Å². The minimum atomic E-state index is 0.324. The lowest BCUT2D eigenvalue weighted by atomic mass is 10.1. The molecule has 0 amide bonds. The molecule has 0 aliphatic carbocycles. The summed E-state index contributed by atoms with van der Waals surface area (Å²) in [5.41, 5.74) is 6.11. The van der Waals surface area contributed by atoms with Crippen LogP contribution in [0.5, 0.6) is 0 Å². The molecule has 94 valence electrons. The number of aromatic nitrogens is 3. The van der Waals surface area contributed by atoms with E-state index in [0.717, 1.165) is 23.2 Å². The van der Waals surface area contributed by atoms with E-state index in [0.29, 0.717) is 6.04 Å². The average molecular weight is 260 g/mol. The van der Waals surface area contributed by atoms with Crippen molar-refractivity contribution in [1.29, 1.82) is 0 Å². The molecule has 1 aromatic heterocycles. The van der Waals surface area contributed by atoms with Gasteiger partial charge >= 0.3 is 0 Å². The molecule has 3 rings (SSSR count). The van der Waals surface area contributed by atoms with E-state index in [1.54, 1.807) is 11.8 Å². The first-order valence-electron chi connectivity index (χ1n) is 6.18. The summed E-state index contributed by atoms with van der Waals surface area (Å²) in [5, 5.41) is 9.34. The van der Waals surface area contributed by atoms with Crippen molar-refractivity contribution in [1.82, 2.24) is 14.9 Å². The molecular formula is C13H16N4S. The molecule has 0 saturated heterocycles. The summed E-state index contributed by atoms with van der Waals surface area (Å²) in [7, 11) is 0.